The molecular formula is C17H19BO5. The van der Waals surface area contributed by atoms with Crippen LogP contribution in [0, 0.1) is 0 Å². The first kappa shape index (κ1) is 17.1. The minimum Gasteiger partial charge on any atom is -0.494 e. The Labute approximate surface area is 135 Å². The van der Waals surface area contributed by atoms with Crippen molar-refractivity contribution in [1.82, 2.24) is 0 Å². The molecule has 0 bridgehead atoms. The van der Waals surface area contributed by atoms with Crippen LogP contribution in [-0.2, 0) is 4.74 Å². The highest BCUT2D eigenvalue weighted by Gasteiger charge is 2.12. The molecule has 2 aromatic carbocycles. The van der Waals surface area contributed by atoms with Gasteiger partial charge in [0.1, 0.15) is 5.75 Å². The van der Waals surface area contributed by atoms with E-state index in [4.69, 9.17) is 19.5 Å². The highest BCUT2D eigenvalue weighted by atomic mass is 16.5. The number of rotatable bonds is 8. The third-order valence-corrected chi connectivity index (χ3v) is 3.23. The highest BCUT2D eigenvalue weighted by molar-refractivity contribution is 6.58. The summed E-state index contributed by atoms with van der Waals surface area (Å²) >= 11 is 0. The first-order valence-corrected chi connectivity index (χ1v) is 7.48. The Kier molecular flexibility index (Phi) is 6.65. The molecule has 0 saturated heterocycles. The third kappa shape index (κ3) is 5.77. The van der Waals surface area contributed by atoms with Crippen molar-refractivity contribution in [3.8, 4) is 5.75 Å². The van der Waals surface area contributed by atoms with Gasteiger partial charge in [-0.15, -0.1) is 0 Å². The third-order valence-electron chi connectivity index (χ3n) is 3.23. The maximum Gasteiger partial charge on any atom is 0.488 e. The second kappa shape index (κ2) is 8.97. The zero-order valence-electron chi connectivity index (χ0n) is 12.7. The summed E-state index contributed by atoms with van der Waals surface area (Å²) in [5, 5.41) is 18.0. The van der Waals surface area contributed by atoms with Crippen LogP contribution >= 0.6 is 0 Å². The molecule has 0 aliphatic heterocycles. The van der Waals surface area contributed by atoms with Crippen molar-refractivity contribution < 1.29 is 24.3 Å². The van der Waals surface area contributed by atoms with Crippen molar-refractivity contribution in [2.75, 3.05) is 13.2 Å². The Hall–Kier alpha value is -2.31. The molecule has 0 aromatic heterocycles. The number of hydrogen-bond acceptors (Lipinski definition) is 5. The van der Waals surface area contributed by atoms with E-state index in [0.717, 1.165) is 12.2 Å². The van der Waals surface area contributed by atoms with Crippen LogP contribution in [0.15, 0.2) is 54.6 Å². The van der Waals surface area contributed by atoms with Crippen LogP contribution in [0.1, 0.15) is 23.2 Å². The van der Waals surface area contributed by atoms with Gasteiger partial charge in [0.2, 0.25) is 0 Å². The quantitative estimate of drug-likeness (QED) is 0.437. The summed E-state index contributed by atoms with van der Waals surface area (Å²) in [6, 6.07) is 15.5. The van der Waals surface area contributed by atoms with Gasteiger partial charge >= 0.3 is 13.1 Å². The fourth-order valence-electron chi connectivity index (χ4n) is 1.95. The van der Waals surface area contributed by atoms with Crippen LogP contribution < -0.4 is 10.2 Å². The molecule has 0 aliphatic carbocycles. The standard InChI is InChI=1S/C17H19BO5/c19-17(14-8-10-15(11-9-14)18(20)21)23-13-5-4-12-22-16-6-2-1-3-7-16/h1-3,6-11,20-21H,4-5,12-13H2. The molecule has 23 heavy (non-hydrogen) atoms. The topological polar surface area (TPSA) is 76.0 Å². The van der Waals surface area contributed by atoms with E-state index in [1.165, 1.54) is 24.3 Å². The highest BCUT2D eigenvalue weighted by Crippen LogP contribution is 2.09. The second-order valence-corrected chi connectivity index (χ2v) is 5.00. The summed E-state index contributed by atoms with van der Waals surface area (Å²) in [6.07, 6.45) is 1.50. The molecule has 0 spiro atoms. The molecule has 2 N–H and O–H groups in total. The van der Waals surface area contributed by atoms with E-state index in [2.05, 4.69) is 0 Å². The molecule has 2 rings (SSSR count). The molecule has 0 saturated carbocycles. The molecule has 0 fully saturated rings. The van der Waals surface area contributed by atoms with Crippen LogP contribution in [0.3, 0.4) is 0 Å². The van der Waals surface area contributed by atoms with E-state index in [9.17, 15) is 4.79 Å². The van der Waals surface area contributed by atoms with Crippen LogP contribution in [0.5, 0.6) is 5.75 Å². The Morgan fingerprint density at radius 2 is 1.57 bits per heavy atom. The van der Waals surface area contributed by atoms with Gasteiger partial charge in [-0.25, -0.2) is 4.79 Å². The summed E-state index contributed by atoms with van der Waals surface area (Å²) in [7, 11) is -1.54. The summed E-state index contributed by atoms with van der Waals surface area (Å²) in [5.41, 5.74) is 0.717. The number of esters is 1. The SMILES string of the molecule is O=C(OCCCCOc1ccccc1)c1ccc(B(O)O)cc1. The fraction of sp³-hybridized carbons (Fsp3) is 0.235. The number of para-hydroxylation sites is 1. The number of carbonyl (C=O) groups is 1. The molecule has 0 radical (unpaired) electrons. The van der Waals surface area contributed by atoms with Crippen molar-refractivity contribution in [3.63, 3.8) is 0 Å². The van der Waals surface area contributed by atoms with Crippen LogP contribution in [0.2, 0.25) is 0 Å². The average Bonchev–Trinajstić information content (AvgIpc) is 2.58. The predicted octanol–water partition coefficient (Wildman–Crippen LogP) is 1.38. The minimum atomic E-state index is -1.54. The maximum atomic E-state index is 11.8. The molecule has 0 aliphatic rings. The largest absolute Gasteiger partial charge is 0.494 e. The lowest BCUT2D eigenvalue weighted by molar-refractivity contribution is 0.0494. The van der Waals surface area contributed by atoms with Crippen molar-refractivity contribution in [2.45, 2.75) is 12.8 Å². The number of unbranched alkanes of at least 4 members (excludes halogenated alkanes) is 1. The number of carbonyl (C=O) groups excluding carboxylic acids is 1. The van der Waals surface area contributed by atoms with Crippen LogP contribution in [0.25, 0.3) is 0 Å². The van der Waals surface area contributed by atoms with Gasteiger partial charge in [0, 0.05) is 0 Å². The van der Waals surface area contributed by atoms with Gasteiger partial charge in [-0.3, -0.25) is 0 Å². The molecule has 2 aromatic rings. The van der Waals surface area contributed by atoms with E-state index >= 15 is 0 Å². The van der Waals surface area contributed by atoms with E-state index in [-0.39, 0.29) is 0 Å². The van der Waals surface area contributed by atoms with Crippen molar-refractivity contribution in [1.29, 1.82) is 0 Å². The van der Waals surface area contributed by atoms with Gasteiger partial charge in [0.15, 0.2) is 0 Å². The van der Waals surface area contributed by atoms with E-state index in [0.29, 0.717) is 30.7 Å². The molecule has 6 heteroatoms. The van der Waals surface area contributed by atoms with Gasteiger partial charge < -0.3 is 19.5 Å². The summed E-state index contributed by atoms with van der Waals surface area (Å²) in [4.78, 5) is 11.8. The fourth-order valence-corrected chi connectivity index (χ4v) is 1.95. The van der Waals surface area contributed by atoms with Crippen LogP contribution in [-0.4, -0.2) is 36.3 Å². The second-order valence-electron chi connectivity index (χ2n) is 5.00. The number of hydrogen-bond donors (Lipinski definition) is 2. The first-order valence-electron chi connectivity index (χ1n) is 7.48. The lowest BCUT2D eigenvalue weighted by Crippen LogP contribution is -2.29. The Morgan fingerprint density at radius 3 is 2.22 bits per heavy atom. The van der Waals surface area contributed by atoms with Gasteiger partial charge in [0.25, 0.3) is 0 Å². The van der Waals surface area contributed by atoms with Crippen LogP contribution in [0.4, 0.5) is 0 Å². The van der Waals surface area contributed by atoms with Crippen molar-refractivity contribution >= 4 is 18.6 Å². The lowest BCUT2D eigenvalue weighted by Gasteiger charge is -2.07. The van der Waals surface area contributed by atoms with E-state index in [1.54, 1.807) is 0 Å². The van der Waals surface area contributed by atoms with E-state index in [1.807, 2.05) is 30.3 Å². The summed E-state index contributed by atoms with van der Waals surface area (Å²) in [5.74, 6) is 0.406. The smallest absolute Gasteiger partial charge is 0.488 e. The summed E-state index contributed by atoms with van der Waals surface area (Å²) < 4.78 is 10.7. The van der Waals surface area contributed by atoms with Gasteiger partial charge in [-0.2, -0.15) is 0 Å². The predicted molar refractivity (Wildman–Crippen MR) is 87.7 cm³/mol. The number of ether oxygens (including phenoxy) is 2. The first-order chi connectivity index (χ1) is 11.2. The molecular weight excluding hydrogens is 295 g/mol. The Bertz CT molecular complexity index is 598. The van der Waals surface area contributed by atoms with Crippen molar-refractivity contribution in [2.24, 2.45) is 0 Å². The van der Waals surface area contributed by atoms with Gasteiger partial charge in [0.05, 0.1) is 18.8 Å². The molecule has 5 nitrogen and oxygen atoms in total. The Balaban J connectivity index is 1.63. The lowest BCUT2D eigenvalue weighted by atomic mass is 9.80. The van der Waals surface area contributed by atoms with E-state index < -0.39 is 13.1 Å². The molecule has 0 atom stereocenters. The van der Waals surface area contributed by atoms with Gasteiger partial charge in [-0.1, -0.05) is 30.3 Å². The minimum absolute atomic E-state index is 0.321. The monoisotopic (exact) mass is 314 g/mol. The normalized spacial score (nSPS) is 10.2. The molecule has 0 heterocycles. The summed E-state index contributed by atoms with van der Waals surface area (Å²) in [6.45, 7) is 0.895. The Morgan fingerprint density at radius 1 is 0.913 bits per heavy atom. The zero-order chi connectivity index (χ0) is 16.5. The average molecular weight is 314 g/mol. The molecule has 0 unspecified atom stereocenters. The van der Waals surface area contributed by atoms with Crippen molar-refractivity contribution in [3.05, 3.63) is 60.2 Å². The zero-order valence-corrected chi connectivity index (χ0v) is 12.7. The molecule has 0 amide bonds. The van der Waals surface area contributed by atoms with Gasteiger partial charge in [-0.05, 0) is 42.6 Å². The maximum absolute atomic E-state index is 11.8. The number of benzene rings is 2. The molecule has 120 valence electrons.